The van der Waals surface area contributed by atoms with E-state index in [4.69, 9.17) is 4.42 Å². The van der Waals surface area contributed by atoms with Crippen molar-refractivity contribution in [3.05, 3.63) is 54.1 Å². The maximum absolute atomic E-state index is 12.8. The summed E-state index contributed by atoms with van der Waals surface area (Å²) >= 11 is 1.50. The number of oxazole rings is 1. The molecule has 4 rings (SSSR count). The number of aromatic nitrogens is 1. The average molecular weight is 389 g/mol. The number of nitrogens with zero attached hydrogens (tertiary/aromatic N) is 2. The first kappa shape index (κ1) is 17.6. The van der Waals surface area contributed by atoms with Crippen molar-refractivity contribution < 1.29 is 12.8 Å². The Balaban J connectivity index is 1.55. The Morgan fingerprint density at radius 3 is 2.58 bits per heavy atom. The van der Waals surface area contributed by atoms with Crippen LogP contribution in [0.5, 0.6) is 0 Å². The molecule has 0 bridgehead atoms. The summed E-state index contributed by atoms with van der Waals surface area (Å²) in [4.78, 5) is 4.75. The number of rotatable bonds is 5. The fourth-order valence-corrected chi connectivity index (χ4v) is 5.41. The van der Waals surface area contributed by atoms with Gasteiger partial charge in [0.1, 0.15) is 5.52 Å². The van der Waals surface area contributed by atoms with Crippen molar-refractivity contribution >= 4 is 32.9 Å². The van der Waals surface area contributed by atoms with Crippen LogP contribution in [0.2, 0.25) is 0 Å². The van der Waals surface area contributed by atoms with Gasteiger partial charge < -0.3 is 4.42 Å². The van der Waals surface area contributed by atoms with Crippen LogP contribution in [0, 0.1) is 0 Å². The van der Waals surface area contributed by atoms with Gasteiger partial charge in [0, 0.05) is 18.8 Å². The summed E-state index contributed by atoms with van der Waals surface area (Å²) in [6, 6.07) is 15.0. The van der Waals surface area contributed by atoms with E-state index in [1.807, 2.05) is 18.2 Å². The number of hydrogen-bond acceptors (Lipinski definition) is 5. The topological polar surface area (TPSA) is 63.4 Å². The predicted molar refractivity (Wildman–Crippen MR) is 103 cm³/mol. The summed E-state index contributed by atoms with van der Waals surface area (Å²) in [6.45, 7) is 1.19. The molecule has 0 amide bonds. The third-order valence-corrected chi connectivity index (χ3v) is 7.29. The smallest absolute Gasteiger partial charge is 0.257 e. The Kier molecular flexibility index (Phi) is 5.02. The fraction of sp³-hybridized carbons (Fsp3) is 0.316. The van der Waals surface area contributed by atoms with Gasteiger partial charge in [-0.15, -0.1) is 0 Å². The van der Waals surface area contributed by atoms with E-state index in [0.717, 1.165) is 25.0 Å². The van der Waals surface area contributed by atoms with E-state index >= 15 is 0 Å². The van der Waals surface area contributed by atoms with Crippen LogP contribution in [0.25, 0.3) is 11.1 Å². The largest absolute Gasteiger partial charge is 0.431 e. The highest BCUT2D eigenvalue weighted by molar-refractivity contribution is 7.98. The Morgan fingerprint density at radius 1 is 1.04 bits per heavy atom. The van der Waals surface area contributed by atoms with Crippen LogP contribution in [0.4, 0.5) is 0 Å². The standard InChI is InChI=1S/C19H20N2O3S2/c22-26(23,21-11-5-2-6-12-21)16-9-10-18-17(13-16)20-19(24-18)25-14-15-7-3-1-4-8-15/h1,3-4,7-10,13H,2,5-6,11-12,14H2. The van der Waals surface area contributed by atoms with Gasteiger partial charge in [-0.05, 0) is 36.6 Å². The zero-order chi connectivity index (χ0) is 18.0. The first-order valence-electron chi connectivity index (χ1n) is 8.70. The van der Waals surface area contributed by atoms with Crippen molar-refractivity contribution in [2.24, 2.45) is 0 Å². The molecule has 7 heteroatoms. The van der Waals surface area contributed by atoms with Crippen molar-refractivity contribution in [1.82, 2.24) is 9.29 Å². The number of piperidine rings is 1. The second-order valence-electron chi connectivity index (χ2n) is 6.35. The van der Waals surface area contributed by atoms with E-state index in [2.05, 4.69) is 17.1 Å². The number of benzene rings is 2. The Labute approximate surface area is 157 Å². The first-order chi connectivity index (χ1) is 12.6. The number of thioether (sulfide) groups is 1. The van der Waals surface area contributed by atoms with Gasteiger partial charge >= 0.3 is 0 Å². The lowest BCUT2D eigenvalue weighted by atomic mass is 10.2. The summed E-state index contributed by atoms with van der Waals surface area (Å²) in [7, 11) is -3.45. The number of sulfonamides is 1. The zero-order valence-corrected chi connectivity index (χ0v) is 15.9. The molecule has 0 N–H and O–H groups in total. The molecule has 1 fully saturated rings. The minimum atomic E-state index is -3.45. The van der Waals surface area contributed by atoms with Crippen molar-refractivity contribution in [3.63, 3.8) is 0 Å². The van der Waals surface area contributed by atoms with Gasteiger partial charge in [0.25, 0.3) is 5.22 Å². The predicted octanol–water partition coefficient (Wildman–Crippen LogP) is 4.29. The minimum Gasteiger partial charge on any atom is -0.431 e. The van der Waals surface area contributed by atoms with E-state index in [9.17, 15) is 8.42 Å². The van der Waals surface area contributed by atoms with Gasteiger partial charge in [0.2, 0.25) is 10.0 Å². The molecule has 0 unspecified atom stereocenters. The molecule has 0 spiro atoms. The molecular formula is C19H20N2O3S2. The molecule has 0 aliphatic carbocycles. The van der Waals surface area contributed by atoms with Gasteiger partial charge in [-0.25, -0.2) is 13.4 Å². The second kappa shape index (κ2) is 7.42. The molecule has 0 atom stereocenters. The summed E-state index contributed by atoms with van der Waals surface area (Å²) < 4.78 is 32.9. The molecule has 2 heterocycles. The lowest BCUT2D eigenvalue weighted by molar-refractivity contribution is 0.346. The van der Waals surface area contributed by atoms with Gasteiger partial charge in [0.15, 0.2) is 5.58 Å². The van der Waals surface area contributed by atoms with E-state index in [1.54, 1.807) is 22.5 Å². The molecule has 1 aliphatic rings. The van der Waals surface area contributed by atoms with E-state index < -0.39 is 10.0 Å². The summed E-state index contributed by atoms with van der Waals surface area (Å²) in [5.74, 6) is 0.757. The van der Waals surface area contributed by atoms with E-state index in [-0.39, 0.29) is 0 Å². The van der Waals surface area contributed by atoms with Gasteiger partial charge in [-0.3, -0.25) is 0 Å². The Hall–Kier alpha value is -1.83. The summed E-state index contributed by atoms with van der Waals surface area (Å²) in [5.41, 5.74) is 2.38. The molecule has 1 saturated heterocycles. The molecule has 0 saturated carbocycles. The van der Waals surface area contributed by atoms with Crippen LogP contribution in [-0.4, -0.2) is 30.8 Å². The van der Waals surface area contributed by atoms with Crippen LogP contribution in [0.3, 0.4) is 0 Å². The summed E-state index contributed by atoms with van der Waals surface area (Å²) in [6.07, 6.45) is 2.94. The highest BCUT2D eigenvalue weighted by Gasteiger charge is 2.26. The van der Waals surface area contributed by atoms with Crippen molar-refractivity contribution in [3.8, 4) is 0 Å². The van der Waals surface area contributed by atoms with E-state index in [0.29, 0.717) is 34.3 Å². The second-order valence-corrected chi connectivity index (χ2v) is 9.21. The first-order valence-corrected chi connectivity index (χ1v) is 11.1. The van der Waals surface area contributed by atoms with Crippen LogP contribution in [0.15, 0.2) is 63.1 Å². The third-order valence-electron chi connectivity index (χ3n) is 4.50. The van der Waals surface area contributed by atoms with Crippen molar-refractivity contribution in [2.75, 3.05) is 13.1 Å². The van der Waals surface area contributed by atoms with Crippen LogP contribution < -0.4 is 0 Å². The van der Waals surface area contributed by atoms with Crippen LogP contribution in [0.1, 0.15) is 24.8 Å². The maximum Gasteiger partial charge on any atom is 0.257 e. The SMILES string of the molecule is O=S(=O)(c1ccc2oc(SCc3ccccc3)nc2c1)N1CCCCC1. The zero-order valence-electron chi connectivity index (χ0n) is 14.3. The molecule has 26 heavy (non-hydrogen) atoms. The minimum absolute atomic E-state index is 0.291. The summed E-state index contributed by atoms with van der Waals surface area (Å²) in [5, 5.41) is 0.552. The van der Waals surface area contributed by atoms with Gasteiger partial charge in [0.05, 0.1) is 4.90 Å². The van der Waals surface area contributed by atoms with Crippen LogP contribution in [-0.2, 0) is 15.8 Å². The number of fused-ring (bicyclic) bond motifs is 1. The van der Waals surface area contributed by atoms with E-state index in [1.165, 1.54) is 17.3 Å². The molecule has 136 valence electrons. The quantitative estimate of drug-likeness (QED) is 0.610. The molecule has 3 aromatic rings. The lowest BCUT2D eigenvalue weighted by Gasteiger charge is -2.25. The van der Waals surface area contributed by atoms with Gasteiger partial charge in [-0.1, -0.05) is 48.5 Å². The molecule has 1 aliphatic heterocycles. The third kappa shape index (κ3) is 3.65. The maximum atomic E-state index is 12.8. The van der Waals surface area contributed by atoms with Crippen molar-refractivity contribution in [1.29, 1.82) is 0 Å². The van der Waals surface area contributed by atoms with Crippen LogP contribution >= 0.6 is 11.8 Å². The highest BCUT2D eigenvalue weighted by Crippen LogP contribution is 2.29. The molecular weight excluding hydrogens is 368 g/mol. The molecule has 2 aromatic carbocycles. The average Bonchev–Trinajstić information content (AvgIpc) is 3.10. The van der Waals surface area contributed by atoms with Gasteiger partial charge in [-0.2, -0.15) is 4.31 Å². The normalized spacial score (nSPS) is 16.2. The number of hydrogen-bond donors (Lipinski definition) is 0. The fourth-order valence-electron chi connectivity index (χ4n) is 3.08. The lowest BCUT2D eigenvalue weighted by Crippen LogP contribution is -2.35. The highest BCUT2D eigenvalue weighted by atomic mass is 32.2. The Morgan fingerprint density at radius 2 is 1.81 bits per heavy atom. The molecule has 5 nitrogen and oxygen atoms in total. The molecule has 0 radical (unpaired) electrons. The molecule has 1 aromatic heterocycles. The Bertz CT molecular complexity index is 994. The van der Waals surface area contributed by atoms with Crippen molar-refractivity contribution in [2.45, 2.75) is 35.1 Å². The monoisotopic (exact) mass is 388 g/mol.